The van der Waals surface area contributed by atoms with Crippen molar-refractivity contribution in [3.05, 3.63) is 231 Å². The third-order valence-electron chi connectivity index (χ3n) is 12.5. The molecule has 63 heavy (non-hydrogen) atoms. The van der Waals surface area contributed by atoms with Crippen LogP contribution in [0.1, 0.15) is 0 Å². The van der Waals surface area contributed by atoms with Gasteiger partial charge in [-0.3, -0.25) is 0 Å². The third-order valence-corrected chi connectivity index (χ3v) is 15.6. The second-order valence-electron chi connectivity index (χ2n) is 16.1. The lowest BCUT2D eigenvalue weighted by Gasteiger charge is -2.16. The molecule has 5 heteroatoms. The average molecular weight is 824 g/mol. The molecule has 0 radical (unpaired) electrons. The molecule has 1 aliphatic heterocycles. The fraction of sp³-hybridized carbons (Fsp3) is 0. The Bertz CT molecular complexity index is 3450. The van der Waals surface area contributed by atoms with Crippen LogP contribution in [0.3, 0.4) is 0 Å². The van der Waals surface area contributed by atoms with Crippen LogP contribution in [0, 0.1) is 0 Å². The fourth-order valence-corrected chi connectivity index (χ4v) is 12.4. The first-order valence-corrected chi connectivity index (χ1v) is 23.0. The Hall–Kier alpha value is -7.91. The lowest BCUT2D eigenvalue weighted by atomic mass is 10.0. The summed E-state index contributed by atoms with van der Waals surface area (Å²) in [6.45, 7) is 0. The van der Waals surface area contributed by atoms with Gasteiger partial charge in [-0.25, -0.2) is 9.97 Å². The summed E-state index contributed by atoms with van der Waals surface area (Å²) in [4.78, 5) is 10.4. The van der Waals surface area contributed by atoms with E-state index in [9.17, 15) is 0 Å². The third kappa shape index (κ3) is 6.18. The normalized spacial score (nSPS) is 14.2. The molecule has 1 unspecified atom stereocenters. The van der Waals surface area contributed by atoms with E-state index in [1.54, 1.807) is 0 Å². The molecule has 0 saturated carbocycles. The van der Waals surface area contributed by atoms with Gasteiger partial charge in [0.25, 0.3) is 0 Å². The van der Waals surface area contributed by atoms with E-state index in [0.29, 0.717) is 5.82 Å². The highest BCUT2D eigenvalue weighted by Gasteiger charge is 2.40. The molecule has 0 amide bonds. The topological polar surface area (TPSA) is 47.8 Å². The minimum atomic E-state index is -3.10. The minimum Gasteiger partial charge on any atom is -0.309 e. The Morgan fingerprint density at radius 1 is 0.349 bits per heavy atom. The van der Waals surface area contributed by atoms with E-state index in [1.165, 1.54) is 11.1 Å². The van der Waals surface area contributed by atoms with Gasteiger partial charge in [-0.05, 0) is 81.9 Å². The number of para-hydroxylation sites is 1. The Labute approximate surface area is 365 Å². The summed E-state index contributed by atoms with van der Waals surface area (Å²) >= 11 is 0. The number of nitrogens with zero attached hydrogens (tertiary/aromatic N) is 3. The van der Waals surface area contributed by atoms with Gasteiger partial charge in [-0.1, -0.05) is 182 Å². The summed E-state index contributed by atoms with van der Waals surface area (Å²) in [5.74, 6) is 0.654. The van der Waals surface area contributed by atoms with Crippen molar-refractivity contribution >= 4 is 44.9 Å². The quantitative estimate of drug-likeness (QED) is 0.150. The van der Waals surface area contributed by atoms with Crippen molar-refractivity contribution in [2.45, 2.75) is 0 Å². The summed E-state index contributed by atoms with van der Waals surface area (Å²) < 4.78 is 17.8. The van der Waals surface area contributed by atoms with Gasteiger partial charge in [-0.15, -0.1) is 0 Å². The molecule has 296 valence electrons. The van der Waals surface area contributed by atoms with E-state index in [2.05, 4.69) is 174 Å². The lowest BCUT2D eigenvalue weighted by Crippen LogP contribution is -2.20. The highest BCUT2D eigenvalue weighted by Crippen LogP contribution is 2.53. The Kier molecular flexibility index (Phi) is 8.74. The molecular weight excluding hydrogens is 786 g/mol. The number of fused-ring (bicyclic) bond motifs is 6. The molecule has 0 N–H and O–H groups in total. The van der Waals surface area contributed by atoms with E-state index in [1.807, 2.05) is 60.7 Å². The number of aromatic nitrogens is 3. The number of benzene rings is 9. The smallest absolute Gasteiger partial charge is 0.172 e. The van der Waals surface area contributed by atoms with Crippen LogP contribution >= 0.6 is 7.14 Å². The van der Waals surface area contributed by atoms with Crippen molar-refractivity contribution in [1.82, 2.24) is 14.5 Å². The second-order valence-corrected chi connectivity index (χ2v) is 18.8. The molecule has 12 rings (SSSR count). The standard InChI is InChI=1S/C58H38N3OP/c62-63(47-18-8-3-9-19-47)56-23-13-11-21-49(56)51-36-55-50(37-57(51)63)48-20-10-12-22-54(48)61(55)46-34-32-45(33-35-46)58-59-52(43-28-24-41(25-29-43)39-14-4-1-5-15-39)38-53(60-58)44-30-26-42(27-31-44)40-16-6-2-7-17-40/h1-38H. The van der Waals surface area contributed by atoms with Gasteiger partial charge < -0.3 is 9.13 Å². The molecule has 9 aromatic carbocycles. The average Bonchev–Trinajstić information content (AvgIpc) is 3.83. The molecule has 0 saturated heterocycles. The summed E-state index contributed by atoms with van der Waals surface area (Å²) in [5.41, 5.74) is 14.6. The summed E-state index contributed by atoms with van der Waals surface area (Å²) in [6.07, 6.45) is 0. The number of hydrogen-bond acceptors (Lipinski definition) is 3. The van der Waals surface area contributed by atoms with Crippen LogP contribution in [-0.2, 0) is 4.57 Å². The van der Waals surface area contributed by atoms with Crippen LogP contribution in [0.5, 0.6) is 0 Å². The van der Waals surface area contributed by atoms with Crippen molar-refractivity contribution in [2.75, 3.05) is 0 Å². The largest absolute Gasteiger partial charge is 0.309 e. The summed E-state index contributed by atoms with van der Waals surface area (Å²) in [5, 5.41) is 4.86. The minimum absolute atomic E-state index is 0.654. The van der Waals surface area contributed by atoms with Crippen molar-refractivity contribution in [3.63, 3.8) is 0 Å². The molecule has 2 aromatic heterocycles. The molecule has 11 aromatic rings. The van der Waals surface area contributed by atoms with Crippen LogP contribution in [0.25, 0.3) is 94.8 Å². The van der Waals surface area contributed by atoms with E-state index in [0.717, 1.165) is 93.7 Å². The zero-order chi connectivity index (χ0) is 41.9. The van der Waals surface area contributed by atoms with Crippen LogP contribution in [0.2, 0.25) is 0 Å². The van der Waals surface area contributed by atoms with Gasteiger partial charge in [0.15, 0.2) is 13.0 Å². The van der Waals surface area contributed by atoms with Gasteiger partial charge in [0.1, 0.15) is 0 Å². The molecular formula is C58H38N3OP. The molecule has 0 aliphatic carbocycles. The van der Waals surface area contributed by atoms with Crippen molar-refractivity contribution in [3.8, 4) is 73.0 Å². The van der Waals surface area contributed by atoms with E-state index in [-0.39, 0.29) is 0 Å². The Morgan fingerprint density at radius 3 is 1.46 bits per heavy atom. The van der Waals surface area contributed by atoms with Crippen LogP contribution in [0.4, 0.5) is 0 Å². The molecule has 0 spiro atoms. The molecule has 1 atom stereocenters. The fourth-order valence-electron chi connectivity index (χ4n) is 9.34. The van der Waals surface area contributed by atoms with Crippen LogP contribution < -0.4 is 15.9 Å². The first-order chi connectivity index (χ1) is 31.1. The molecule has 0 bridgehead atoms. The van der Waals surface area contributed by atoms with Gasteiger partial charge in [0.2, 0.25) is 0 Å². The maximum absolute atomic E-state index is 15.4. The van der Waals surface area contributed by atoms with Crippen LogP contribution in [0.15, 0.2) is 231 Å². The van der Waals surface area contributed by atoms with E-state index >= 15 is 4.57 Å². The van der Waals surface area contributed by atoms with Gasteiger partial charge in [0.05, 0.1) is 22.4 Å². The summed E-state index contributed by atoms with van der Waals surface area (Å²) in [7, 11) is -3.10. The first-order valence-electron chi connectivity index (χ1n) is 21.3. The second kappa shape index (κ2) is 14.9. The zero-order valence-electron chi connectivity index (χ0n) is 34.1. The van der Waals surface area contributed by atoms with Crippen molar-refractivity contribution in [1.29, 1.82) is 0 Å². The first kappa shape index (κ1) is 36.9. The van der Waals surface area contributed by atoms with Gasteiger partial charge >= 0.3 is 0 Å². The maximum atomic E-state index is 15.4. The Balaban J connectivity index is 0.976. The monoisotopic (exact) mass is 823 g/mol. The summed E-state index contributed by atoms with van der Waals surface area (Å²) in [6, 6.07) is 79.9. The van der Waals surface area contributed by atoms with Crippen molar-refractivity contribution < 1.29 is 4.57 Å². The van der Waals surface area contributed by atoms with E-state index < -0.39 is 7.14 Å². The van der Waals surface area contributed by atoms with Gasteiger partial charge in [-0.2, -0.15) is 0 Å². The zero-order valence-corrected chi connectivity index (χ0v) is 35.0. The molecule has 3 heterocycles. The predicted molar refractivity (Wildman–Crippen MR) is 262 cm³/mol. The molecule has 0 fully saturated rings. The van der Waals surface area contributed by atoms with Crippen molar-refractivity contribution in [2.24, 2.45) is 0 Å². The lowest BCUT2D eigenvalue weighted by molar-refractivity contribution is 0.593. The highest BCUT2D eigenvalue weighted by molar-refractivity contribution is 7.86. The molecule has 1 aliphatic rings. The van der Waals surface area contributed by atoms with E-state index in [4.69, 9.17) is 9.97 Å². The highest BCUT2D eigenvalue weighted by atomic mass is 31.2. The van der Waals surface area contributed by atoms with Crippen LogP contribution in [-0.4, -0.2) is 14.5 Å². The maximum Gasteiger partial charge on any atom is 0.172 e. The Morgan fingerprint density at radius 2 is 0.841 bits per heavy atom. The predicted octanol–water partition coefficient (Wildman–Crippen LogP) is 13.5. The number of hydrogen-bond donors (Lipinski definition) is 0. The molecule has 4 nitrogen and oxygen atoms in total. The number of rotatable bonds is 7. The van der Waals surface area contributed by atoms with Gasteiger partial charge in [0, 0.05) is 49.1 Å². The SMILES string of the molecule is O=P1(c2ccccc2)c2ccccc2-c2cc3c(cc21)c1ccccc1n3-c1ccc(-c2nc(-c3ccc(-c4ccccc4)cc3)cc(-c3ccc(-c4ccccc4)cc3)n2)cc1.